The van der Waals surface area contributed by atoms with E-state index in [1.807, 2.05) is 13.8 Å². The smallest absolute Gasteiger partial charge is 0.340 e. The Balaban J connectivity index is 2.04. The monoisotopic (exact) mass is 599 g/mol. The molecule has 3 atom stereocenters. The molecular weight excluding hydrogens is 570 g/mol. The lowest BCUT2D eigenvalue weighted by molar-refractivity contribution is -0.0462. The van der Waals surface area contributed by atoms with Crippen LogP contribution in [0.4, 0.5) is 0 Å². The van der Waals surface area contributed by atoms with Crippen LogP contribution in [0.25, 0.3) is 6.08 Å². The summed E-state index contributed by atoms with van der Waals surface area (Å²) in [5.41, 5.74) is -1.95. The van der Waals surface area contributed by atoms with Gasteiger partial charge in [0.2, 0.25) is 10.0 Å². The number of ether oxygens (including phenoxy) is 1. The largest absolute Gasteiger partial charge is 0.394 e. The topological polar surface area (TPSA) is 148 Å². The Bertz CT molecular complexity index is 1360. The van der Waals surface area contributed by atoms with Gasteiger partial charge in [0, 0.05) is 31.3 Å². The van der Waals surface area contributed by atoms with Crippen molar-refractivity contribution in [2.75, 3.05) is 19.7 Å². The van der Waals surface area contributed by atoms with E-state index in [9.17, 15) is 33.0 Å². The summed E-state index contributed by atoms with van der Waals surface area (Å²) < 4.78 is 34.4. The van der Waals surface area contributed by atoms with Crippen molar-refractivity contribution >= 4 is 37.9 Å². The summed E-state index contributed by atoms with van der Waals surface area (Å²) in [6.45, 7) is 4.00. The molecule has 37 heavy (non-hydrogen) atoms. The highest BCUT2D eigenvalue weighted by molar-refractivity contribution is 9.11. The van der Waals surface area contributed by atoms with Gasteiger partial charge in [0.1, 0.15) is 12.3 Å². The van der Waals surface area contributed by atoms with Crippen molar-refractivity contribution < 1.29 is 28.2 Å². The fourth-order valence-electron chi connectivity index (χ4n) is 4.11. The van der Waals surface area contributed by atoms with Crippen LogP contribution in [0.15, 0.2) is 49.9 Å². The number of halogens is 1. The summed E-state index contributed by atoms with van der Waals surface area (Å²) >= 11 is 3.08. The van der Waals surface area contributed by atoms with Crippen molar-refractivity contribution in [3.8, 4) is 0 Å². The van der Waals surface area contributed by atoms with Crippen molar-refractivity contribution in [1.29, 1.82) is 0 Å². The van der Waals surface area contributed by atoms with Gasteiger partial charge in [-0.2, -0.15) is 8.87 Å². The molecule has 0 amide bonds. The van der Waals surface area contributed by atoms with E-state index < -0.39 is 52.2 Å². The Labute approximate surface area is 222 Å². The lowest BCUT2D eigenvalue weighted by Crippen LogP contribution is -2.45. The van der Waals surface area contributed by atoms with Gasteiger partial charge in [-0.1, -0.05) is 29.8 Å². The Kier molecular flexibility index (Phi) is 9.78. The molecule has 1 aromatic carbocycles. The Morgan fingerprint density at radius 3 is 2.32 bits per heavy atom. The number of rotatable bonds is 10. The summed E-state index contributed by atoms with van der Waals surface area (Å²) in [6, 6.07) is 5.06. The number of aliphatic hydroxyl groups is 2. The van der Waals surface area contributed by atoms with E-state index in [0.717, 1.165) is 4.57 Å². The summed E-state index contributed by atoms with van der Waals surface area (Å²) in [7, 11) is -3.78. The number of aliphatic hydroxyl groups excluding tert-OH is 2. The SMILES string of the molecule is CCCN(CCC)S(=O)(=O)c1ccc(C(=O)n2c(=O)c(/C=C/Br)cn([C@H]3C[C@H](O)[C@@H](CO)O3)c2=O)cc1. The first-order valence-electron chi connectivity index (χ1n) is 11.8. The number of hydrogen-bond acceptors (Lipinski definition) is 8. The Hall–Kier alpha value is -2.42. The maximum atomic E-state index is 13.3. The van der Waals surface area contributed by atoms with Crippen LogP contribution in [0.2, 0.25) is 0 Å². The zero-order valence-electron chi connectivity index (χ0n) is 20.5. The van der Waals surface area contributed by atoms with Crippen LogP contribution in [-0.2, 0) is 14.8 Å². The van der Waals surface area contributed by atoms with Crippen LogP contribution in [-0.4, -0.2) is 69.9 Å². The number of nitrogens with zero attached hydrogens (tertiary/aromatic N) is 3. The highest BCUT2D eigenvalue weighted by Crippen LogP contribution is 2.27. The Morgan fingerprint density at radius 1 is 1.19 bits per heavy atom. The third-order valence-electron chi connectivity index (χ3n) is 5.97. The summed E-state index contributed by atoms with van der Waals surface area (Å²) in [5.74, 6) is -0.950. The first-order chi connectivity index (χ1) is 17.6. The summed E-state index contributed by atoms with van der Waals surface area (Å²) in [4.78, 5) is 41.0. The average molecular weight is 600 g/mol. The molecule has 0 spiro atoms. The van der Waals surface area contributed by atoms with Gasteiger partial charge in [0.25, 0.3) is 11.5 Å². The van der Waals surface area contributed by atoms with Crippen LogP contribution >= 0.6 is 15.9 Å². The number of carbonyl (C=O) groups excluding carboxylic acids is 1. The molecule has 2 heterocycles. The minimum Gasteiger partial charge on any atom is -0.394 e. The van der Waals surface area contributed by atoms with Crippen LogP contribution in [0.3, 0.4) is 0 Å². The molecule has 0 radical (unpaired) electrons. The molecule has 0 saturated carbocycles. The predicted octanol–water partition coefficient (Wildman–Crippen LogP) is 1.52. The third-order valence-corrected chi connectivity index (χ3v) is 8.14. The van der Waals surface area contributed by atoms with Crippen molar-refractivity contribution in [2.45, 2.75) is 56.4 Å². The standard InChI is InChI=1S/C24H30BrN3O8S/c1-3-11-26(12-4-2)37(34,35)18-7-5-16(6-8-18)22(31)28-23(32)17(9-10-25)14-27(24(28)33)21-13-19(30)20(15-29)36-21/h5-10,14,19-21,29-30H,3-4,11-13,15H2,1-2H3/b10-9+/t19-,20+,21+/m0/s1. The van der Waals surface area contributed by atoms with Crippen molar-refractivity contribution in [3.63, 3.8) is 0 Å². The van der Waals surface area contributed by atoms with Crippen molar-refractivity contribution in [2.24, 2.45) is 0 Å². The molecule has 1 fully saturated rings. The minimum absolute atomic E-state index is 0.00457. The van der Waals surface area contributed by atoms with Crippen LogP contribution in [0.5, 0.6) is 0 Å². The first-order valence-corrected chi connectivity index (χ1v) is 14.2. The van der Waals surface area contributed by atoms with Gasteiger partial charge in [-0.15, -0.1) is 0 Å². The summed E-state index contributed by atoms with van der Waals surface area (Å²) in [6.07, 6.45) is 0.846. The molecule has 13 heteroatoms. The van der Waals surface area contributed by atoms with Crippen molar-refractivity contribution in [1.82, 2.24) is 13.4 Å². The Morgan fingerprint density at radius 2 is 1.81 bits per heavy atom. The fourth-order valence-corrected chi connectivity index (χ4v) is 6.02. The maximum Gasteiger partial charge on any atom is 0.340 e. The molecule has 2 N–H and O–H groups in total. The van der Waals surface area contributed by atoms with Gasteiger partial charge in [-0.25, -0.2) is 13.2 Å². The second kappa shape index (κ2) is 12.4. The molecule has 0 bridgehead atoms. The molecular formula is C24H30BrN3O8S. The number of carbonyl (C=O) groups is 1. The maximum absolute atomic E-state index is 13.3. The van der Waals surface area contributed by atoms with Gasteiger partial charge in [-0.05, 0) is 48.2 Å². The van der Waals surface area contributed by atoms with E-state index in [-0.39, 0.29) is 22.4 Å². The van der Waals surface area contributed by atoms with E-state index in [1.165, 1.54) is 45.8 Å². The predicted molar refractivity (Wildman–Crippen MR) is 140 cm³/mol. The molecule has 11 nitrogen and oxygen atoms in total. The molecule has 3 rings (SSSR count). The van der Waals surface area contributed by atoms with Gasteiger partial charge < -0.3 is 14.9 Å². The number of hydrogen-bond donors (Lipinski definition) is 2. The minimum atomic E-state index is -3.78. The molecule has 1 aromatic heterocycles. The molecule has 2 aromatic rings. The van der Waals surface area contributed by atoms with Gasteiger partial charge in [0.15, 0.2) is 0 Å². The van der Waals surface area contributed by atoms with Crippen molar-refractivity contribution in [3.05, 3.63) is 67.4 Å². The van der Waals surface area contributed by atoms with E-state index in [4.69, 9.17) is 4.74 Å². The highest BCUT2D eigenvalue weighted by Gasteiger charge is 2.36. The van der Waals surface area contributed by atoms with E-state index in [0.29, 0.717) is 30.5 Å². The third kappa shape index (κ3) is 6.02. The normalized spacial score (nSPS) is 20.2. The van der Waals surface area contributed by atoms with Crippen LogP contribution in [0, 0.1) is 0 Å². The molecule has 0 aliphatic carbocycles. The number of sulfonamides is 1. The van der Waals surface area contributed by atoms with E-state index in [2.05, 4.69) is 15.9 Å². The molecule has 1 aliphatic heterocycles. The average Bonchev–Trinajstić information content (AvgIpc) is 3.25. The van der Waals surface area contributed by atoms with Gasteiger partial charge in [-0.3, -0.25) is 14.2 Å². The molecule has 0 unspecified atom stereocenters. The quantitative estimate of drug-likeness (QED) is 0.417. The number of benzene rings is 1. The zero-order valence-corrected chi connectivity index (χ0v) is 22.9. The van der Waals surface area contributed by atoms with E-state index >= 15 is 0 Å². The van der Waals surface area contributed by atoms with E-state index in [1.54, 1.807) is 0 Å². The van der Waals surface area contributed by atoms with Crippen LogP contribution in [0.1, 0.15) is 55.3 Å². The first kappa shape index (κ1) is 29.1. The second-order valence-corrected chi connectivity index (χ2v) is 11.0. The molecule has 1 saturated heterocycles. The highest BCUT2D eigenvalue weighted by atomic mass is 79.9. The second-order valence-electron chi connectivity index (χ2n) is 8.56. The fraction of sp³-hybridized carbons (Fsp3) is 0.458. The summed E-state index contributed by atoms with van der Waals surface area (Å²) in [5, 5.41) is 19.5. The molecule has 1 aliphatic rings. The lowest BCUT2D eigenvalue weighted by Gasteiger charge is -2.21. The number of aromatic nitrogens is 2. The lowest BCUT2D eigenvalue weighted by atomic mass is 10.2. The van der Waals surface area contributed by atoms with Gasteiger partial charge >= 0.3 is 5.69 Å². The zero-order chi connectivity index (χ0) is 27.3. The molecule has 202 valence electrons. The van der Waals surface area contributed by atoms with Gasteiger partial charge in [0.05, 0.1) is 23.2 Å². The van der Waals surface area contributed by atoms with Crippen LogP contribution < -0.4 is 11.2 Å².